The van der Waals surface area contributed by atoms with E-state index >= 15 is 0 Å². The molecule has 0 saturated carbocycles. The lowest BCUT2D eigenvalue weighted by atomic mass is 9.98. The van der Waals surface area contributed by atoms with Crippen molar-refractivity contribution in [3.63, 3.8) is 0 Å². The first-order chi connectivity index (χ1) is 8.51. The smallest absolute Gasteiger partial charge is 0.245 e. The minimum absolute atomic E-state index is 0.00894. The lowest BCUT2D eigenvalue weighted by molar-refractivity contribution is -0.149. The summed E-state index contributed by atoms with van der Waals surface area (Å²) in [7, 11) is 0. The molecule has 1 saturated heterocycles. The molecule has 1 aliphatic heterocycles. The van der Waals surface area contributed by atoms with Crippen molar-refractivity contribution in [1.29, 1.82) is 0 Å². The fourth-order valence-electron chi connectivity index (χ4n) is 2.11. The molecule has 0 unspecified atom stereocenters. The summed E-state index contributed by atoms with van der Waals surface area (Å²) in [6, 6.07) is 1.82. The second kappa shape index (κ2) is 4.80. The Kier molecular flexibility index (Phi) is 3.36. The van der Waals surface area contributed by atoms with Crippen LogP contribution in [0.3, 0.4) is 0 Å². The van der Waals surface area contributed by atoms with Crippen molar-refractivity contribution in [2.75, 3.05) is 13.1 Å². The molecular weight excluding hydrogens is 232 g/mol. The average Bonchev–Trinajstić information content (AvgIpc) is 2.82. The second-order valence-electron chi connectivity index (χ2n) is 4.88. The number of nitrogens with one attached hydrogen (secondary N) is 1. The Balaban J connectivity index is 1.97. The molecule has 2 heterocycles. The number of rotatable bonds is 3. The van der Waals surface area contributed by atoms with Gasteiger partial charge in [0.05, 0.1) is 0 Å². The lowest BCUT2D eigenvalue weighted by Gasteiger charge is -2.41. The molecule has 1 N–H and O–H groups in total. The molecule has 18 heavy (non-hydrogen) atoms. The first-order valence-electron chi connectivity index (χ1n) is 6.08. The van der Waals surface area contributed by atoms with Gasteiger partial charge >= 0.3 is 0 Å². The van der Waals surface area contributed by atoms with Gasteiger partial charge in [-0.2, -0.15) is 5.10 Å². The third-order valence-corrected chi connectivity index (χ3v) is 3.27. The molecule has 6 nitrogen and oxygen atoms in total. The van der Waals surface area contributed by atoms with Crippen LogP contribution in [0, 0.1) is 0 Å². The number of carbonyl (C=O) groups is 2. The summed E-state index contributed by atoms with van der Waals surface area (Å²) < 4.78 is 1.72. The van der Waals surface area contributed by atoms with E-state index < -0.39 is 5.54 Å². The summed E-state index contributed by atoms with van der Waals surface area (Å²) in [6.45, 7) is 5.17. The SMILES string of the molecule is CC1(C)C(=O)NCCN1C(=O)CCn1cccn1. The molecule has 1 aromatic rings. The van der Waals surface area contributed by atoms with Crippen molar-refractivity contribution in [3.05, 3.63) is 18.5 Å². The van der Waals surface area contributed by atoms with Crippen LogP contribution in [0.1, 0.15) is 20.3 Å². The maximum absolute atomic E-state index is 12.2. The van der Waals surface area contributed by atoms with Gasteiger partial charge in [-0.05, 0) is 19.9 Å². The normalized spacial score (nSPS) is 18.6. The molecule has 6 heteroatoms. The van der Waals surface area contributed by atoms with E-state index in [1.54, 1.807) is 29.6 Å². The Morgan fingerprint density at radius 2 is 2.33 bits per heavy atom. The van der Waals surface area contributed by atoms with Crippen LogP contribution in [0.15, 0.2) is 18.5 Å². The Morgan fingerprint density at radius 3 is 3.00 bits per heavy atom. The van der Waals surface area contributed by atoms with Crippen molar-refractivity contribution in [2.24, 2.45) is 0 Å². The van der Waals surface area contributed by atoms with Crippen LogP contribution in [0.5, 0.6) is 0 Å². The van der Waals surface area contributed by atoms with Crippen molar-refractivity contribution in [3.8, 4) is 0 Å². The zero-order valence-electron chi connectivity index (χ0n) is 10.7. The maximum atomic E-state index is 12.2. The molecular formula is C12H18N4O2. The molecule has 0 radical (unpaired) electrons. The van der Waals surface area contributed by atoms with Gasteiger partial charge in [0.25, 0.3) is 0 Å². The van der Waals surface area contributed by atoms with Gasteiger partial charge in [0.1, 0.15) is 5.54 Å². The highest BCUT2D eigenvalue weighted by atomic mass is 16.2. The molecule has 1 aliphatic rings. The van der Waals surface area contributed by atoms with E-state index in [0.29, 0.717) is 26.1 Å². The molecule has 2 amide bonds. The van der Waals surface area contributed by atoms with Gasteiger partial charge in [0.15, 0.2) is 0 Å². The first kappa shape index (κ1) is 12.6. The first-order valence-corrected chi connectivity index (χ1v) is 6.08. The van der Waals surface area contributed by atoms with Crippen molar-refractivity contribution >= 4 is 11.8 Å². The van der Waals surface area contributed by atoms with E-state index in [1.807, 2.05) is 12.3 Å². The number of carbonyl (C=O) groups excluding carboxylic acids is 2. The number of nitrogens with zero attached hydrogens (tertiary/aromatic N) is 3. The minimum Gasteiger partial charge on any atom is -0.352 e. The van der Waals surface area contributed by atoms with Crippen LogP contribution in [0.4, 0.5) is 0 Å². The van der Waals surface area contributed by atoms with Gasteiger partial charge in [-0.1, -0.05) is 0 Å². The van der Waals surface area contributed by atoms with Crippen LogP contribution >= 0.6 is 0 Å². The van der Waals surface area contributed by atoms with E-state index in [4.69, 9.17) is 0 Å². The molecule has 1 fully saturated rings. The lowest BCUT2D eigenvalue weighted by Crippen LogP contribution is -2.63. The summed E-state index contributed by atoms with van der Waals surface area (Å²) in [5, 5.41) is 6.83. The molecule has 0 spiro atoms. The highest BCUT2D eigenvalue weighted by Crippen LogP contribution is 2.18. The van der Waals surface area contributed by atoms with E-state index in [0.717, 1.165) is 0 Å². The van der Waals surface area contributed by atoms with Gasteiger partial charge in [-0.15, -0.1) is 0 Å². The number of hydrogen-bond donors (Lipinski definition) is 1. The number of amides is 2. The maximum Gasteiger partial charge on any atom is 0.245 e. The average molecular weight is 250 g/mol. The Morgan fingerprint density at radius 1 is 1.56 bits per heavy atom. The third-order valence-electron chi connectivity index (χ3n) is 3.27. The predicted molar refractivity (Wildman–Crippen MR) is 65.6 cm³/mol. The Hall–Kier alpha value is -1.85. The largest absolute Gasteiger partial charge is 0.352 e. The van der Waals surface area contributed by atoms with Gasteiger partial charge in [-0.3, -0.25) is 14.3 Å². The van der Waals surface area contributed by atoms with E-state index in [1.165, 1.54) is 0 Å². The minimum atomic E-state index is -0.764. The van der Waals surface area contributed by atoms with Crippen molar-refractivity contribution in [2.45, 2.75) is 32.4 Å². The Bertz CT molecular complexity index is 439. The molecule has 2 rings (SSSR count). The number of aromatic nitrogens is 2. The van der Waals surface area contributed by atoms with E-state index in [9.17, 15) is 9.59 Å². The van der Waals surface area contributed by atoms with Crippen molar-refractivity contribution in [1.82, 2.24) is 20.0 Å². The number of piperazine rings is 1. The zero-order chi connectivity index (χ0) is 13.2. The van der Waals surface area contributed by atoms with Gasteiger partial charge < -0.3 is 10.2 Å². The van der Waals surface area contributed by atoms with Gasteiger partial charge in [-0.25, -0.2) is 0 Å². The highest BCUT2D eigenvalue weighted by Gasteiger charge is 2.39. The third kappa shape index (κ3) is 2.37. The Labute approximate surface area is 106 Å². The molecule has 98 valence electrons. The quantitative estimate of drug-likeness (QED) is 0.821. The monoisotopic (exact) mass is 250 g/mol. The number of aryl methyl sites for hydroxylation is 1. The number of hydrogen-bond acceptors (Lipinski definition) is 3. The van der Waals surface area contributed by atoms with Crippen LogP contribution in [-0.4, -0.2) is 45.1 Å². The molecule has 0 aromatic carbocycles. The summed E-state index contributed by atoms with van der Waals surface area (Å²) in [5.74, 6) is -0.105. The fourth-order valence-corrected chi connectivity index (χ4v) is 2.11. The second-order valence-corrected chi connectivity index (χ2v) is 4.88. The zero-order valence-corrected chi connectivity index (χ0v) is 10.7. The summed E-state index contributed by atoms with van der Waals surface area (Å²) in [4.78, 5) is 25.5. The molecule has 0 aliphatic carbocycles. The fraction of sp³-hybridized carbons (Fsp3) is 0.583. The van der Waals surface area contributed by atoms with Crippen LogP contribution in [0.2, 0.25) is 0 Å². The molecule has 1 aromatic heterocycles. The van der Waals surface area contributed by atoms with Crippen LogP contribution in [0.25, 0.3) is 0 Å². The van der Waals surface area contributed by atoms with Crippen molar-refractivity contribution < 1.29 is 9.59 Å². The van der Waals surface area contributed by atoms with Gasteiger partial charge in [0.2, 0.25) is 11.8 Å². The van der Waals surface area contributed by atoms with Crippen LogP contribution < -0.4 is 5.32 Å². The van der Waals surface area contributed by atoms with Crippen LogP contribution in [-0.2, 0) is 16.1 Å². The molecule has 0 bridgehead atoms. The highest BCUT2D eigenvalue weighted by molar-refractivity contribution is 5.91. The summed E-state index contributed by atoms with van der Waals surface area (Å²) in [6.07, 6.45) is 3.86. The van der Waals surface area contributed by atoms with E-state index in [-0.39, 0.29) is 11.8 Å². The van der Waals surface area contributed by atoms with E-state index in [2.05, 4.69) is 10.4 Å². The predicted octanol–water partition coefficient (Wildman–Crippen LogP) is 0.0102. The molecule has 0 atom stereocenters. The summed E-state index contributed by atoms with van der Waals surface area (Å²) in [5.41, 5.74) is -0.764. The van der Waals surface area contributed by atoms with Gasteiger partial charge in [0, 0.05) is 38.4 Å². The standard InChI is InChI=1S/C12H18N4O2/c1-12(2)11(18)13-6-9-16(12)10(17)4-8-15-7-3-5-14-15/h3,5,7H,4,6,8-9H2,1-2H3,(H,13,18). The summed E-state index contributed by atoms with van der Waals surface area (Å²) >= 11 is 0. The topological polar surface area (TPSA) is 67.2 Å².